The molecule has 0 aromatic carbocycles. The second-order valence-corrected chi connectivity index (χ2v) is 3.71. The Labute approximate surface area is 161 Å². The Bertz CT molecular complexity index is 436. The summed E-state index contributed by atoms with van der Waals surface area (Å²) in [6, 6.07) is 0. The highest BCUT2D eigenvalue weighted by Gasteiger charge is 1.96. The number of carbonyl (C=O) groups is 4. The number of rotatable bonds is 5. The number of hydrogen-bond donors (Lipinski definition) is 1. The Morgan fingerprint density at radius 3 is 1.83 bits per heavy atom. The van der Waals surface area contributed by atoms with Crippen molar-refractivity contribution in [3.8, 4) is 0 Å². The molecule has 0 atom stereocenters. The minimum atomic E-state index is -1.58. The minimum Gasteiger partial charge on any atom is -0.483 e. The standard InChI is InChI=1S/C5H9ClO2.C2H3BrO.C2H3N3O.CH2O2.3CH4/c1-4(2)3-8-5(6)7;3-1-2-4;3-5-4-1-2-6;2-1-3;;;/h4H,3H2,1-2H3;2H,1H2;2H,1H2;1H,(H,2,3);3*1H4/i;2*2D;1D;;;. The molecule has 0 aliphatic rings. The van der Waals surface area contributed by atoms with Crippen molar-refractivity contribution in [1.29, 1.82) is 0 Å². The maximum Gasteiger partial charge on any atom is 0.403 e. The summed E-state index contributed by atoms with van der Waals surface area (Å²) in [6.45, 7) is 3.93. The van der Waals surface area contributed by atoms with E-state index in [0.29, 0.717) is 12.5 Å². The first-order chi connectivity index (χ1) is 10.9. The van der Waals surface area contributed by atoms with Crippen LogP contribution in [0, 0.1) is 5.92 Å². The minimum absolute atomic E-state index is 0. The van der Waals surface area contributed by atoms with Gasteiger partial charge >= 0.3 is 5.43 Å². The van der Waals surface area contributed by atoms with Crippen LogP contribution in [0.3, 0.4) is 0 Å². The van der Waals surface area contributed by atoms with Crippen LogP contribution >= 0.6 is 27.5 Å². The number of ether oxygens (including phenoxy) is 1. The number of azide groups is 1. The molecule has 146 valence electrons. The predicted octanol–water partition coefficient (Wildman–Crippen LogP) is 4.70. The zero-order valence-electron chi connectivity index (χ0n) is 14.3. The molecule has 0 saturated carbocycles. The van der Waals surface area contributed by atoms with Crippen molar-refractivity contribution in [2.45, 2.75) is 36.1 Å². The lowest BCUT2D eigenvalue weighted by Gasteiger charge is -2.00. The van der Waals surface area contributed by atoms with E-state index in [2.05, 4.69) is 30.7 Å². The number of nitrogens with zero attached hydrogens (tertiary/aromatic N) is 3. The molecule has 0 spiro atoms. The van der Waals surface area contributed by atoms with Crippen molar-refractivity contribution in [1.82, 2.24) is 0 Å². The molecule has 0 saturated heterocycles. The molecule has 24 heavy (non-hydrogen) atoms. The van der Waals surface area contributed by atoms with Gasteiger partial charge in [0, 0.05) is 16.5 Å². The number of aldehydes is 2. The van der Waals surface area contributed by atoms with Gasteiger partial charge < -0.3 is 19.4 Å². The smallest absolute Gasteiger partial charge is 0.403 e. The molecule has 0 radical (unpaired) electrons. The largest absolute Gasteiger partial charge is 0.483 e. The maximum atomic E-state index is 9.89. The van der Waals surface area contributed by atoms with Gasteiger partial charge in [-0.1, -0.05) is 57.2 Å². The van der Waals surface area contributed by atoms with E-state index in [9.17, 15) is 14.4 Å². The van der Waals surface area contributed by atoms with Crippen LogP contribution in [0.1, 0.15) is 40.2 Å². The molecule has 0 aliphatic carbocycles. The van der Waals surface area contributed by atoms with Crippen molar-refractivity contribution >= 4 is 51.9 Å². The molecule has 0 aliphatic heterocycles. The molecule has 0 aromatic rings. The lowest BCUT2D eigenvalue weighted by molar-refractivity contribution is -0.122. The zero-order chi connectivity index (χ0) is 20.1. The molecule has 0 rings (SSSR count). The van der Waals surface area contributed by atoms with Gasteiger partial charge in [0.05, 0.1) is 18.5 Å². The highest BCUT2D eigenvalue weighted by Crippen LogP contribution is 1.94. The summed E-state index contributed by atoms with van der Waals surface area (Å²) in [6.07, 6.45) is -3.03. The number of carboxylic acid groups (broad SMARTS) is 1. The summed E-state index contributed by atoms with van der Waals surface area (Å²) in [5.41, 5.74) is 6.81. The quantitative estimate of drug-likeness (QED) is 0.163. The van der Waals surface area contributed by atoms with Crippen LogP contribution in [0.2, 0.25) is 0 Å². The van der Waals surface area contributed by atoms with Crippen molar-refractivity contribution in [2.75, 3.05) is 18.5 Å². The fraction of sp³-hybridized carbons (Fsp3) is 0.692. The SMILES string of the molecule is C.C.C.CC(C)COC(=O)Cl.[2H]C(=O)CBr.[2H]C(=O)CN=[N+]=[N-].[2H]C(=O)O. The van der Waals surface area contributed by atoms with E-state index in [-0.39, 0.29) is 34.2 Å². The molecular weight excluding hydrogens is 410 g/mol. The van der Waals surface area contributed by atoms with Crippen molar-refractivity contribution in [3.05, 3.63) is 10.4 Å². The van der Waals surface area contributed by atoms with Gasteiger partial charge in [0.15, 0.2) is 1.37 Å². The van der Waals surface area contributed by atoms with E-state index in [1.807, 2.05) is 13.8 Å². The molecule has 11 heteroatoms. The number of hydrogen-bond acceptors (Lipinski definition) is 6. The van der Waals surface area contributed by atoms with Crippen molar-refractivity contribution in [2.24, 2.45) is 11.0 Å². The van der Waals surface area contributed by atoms with Crippen LogP contribution in [0.5, 0.6) is 0 Å². The van der Waals surface area contributed by atoms with Crippen molar-refractivity contribution < 1.29 is 33.1 Å². The first kappa shape index (κ1) is 30.3. The van der Waals surface area contributed by atoms with Crippen molar-refractivity contribution in [3.63, 3.8) is 0 Å². The van der Waals surface area contributed by atoms with E-state index in [1.165, 1.54) is 0 Å². The maximum absolute atomic E-state index is 9.89. The Balaban J connectivity index is -0.0000000392. The third-order valence-electron chi connectivity index (χ3n) is 0.783. The highest BCUT2D eigenvalue weighted by molar-refractivity contribution is 9.09. The second-order valence-electron chi connectivity index (χ2n) is 2.85. The number of alkyl halides is 1. The van der Waals surface area contributed by atoms with Gasteiger partial charge in [0.2, 0.25) is 0 Å². The zero-order valence-corrected chi connectivity index (χ0v) is 13.6. The Morgan fingerprint density at radius 1 is 1.38 bits per heavy atom. The highest BCUT2D eigenvalue weighted by atomic mass is 79.9. The molecule has 0 aromatic heterocycles. The van der Waals surface area contributed by atoms with Gasteiger partial charge in [-0.3, -0.25) is 4.79 Å². The van der Waals surface area contributed by atoms with E-state index in [1.54, 1.807) is 0 Å². The predicted molar refractivity (Wildman–Crippen MR) is 101 cm³/mol. The summed E-state index contributed by atoms with van der Waals surface area (Å²) in [5.74, 6) is 0.359. The Hall–Kier alpha value is -1.64. The summed E-state index contributed by atoms with van der Waals surface area (Å²) < 4.78 is 22.2. The van der Waals surface area contributed by atoms with Crippen LogP contribution in [0.25, 0.3) is 10.4 Å². The van der Waals surface area contributed by atoms with Crippen LogP contribution in [-0.4, -0.2) is 48.0 Å². The molecule has 1 N–H and O–H groups in total. The summed E-state index contributed by atoms with van der Waals surface area (Å²) in [4.78, 5) is 39.9. The van der Waals surface area contributed by atoms with Gasteiger partial charge in [-0.15, -0.1) is 0 Å². The fourth-order valence-corrected chi connectivity index (χ4v) is 0.356. The van der Waals surface area contributed by atoms with E-state index in [4.69, 9.17) is 31.1 Å². The fourth-order valence-electron chi connectivity index (χ4n) is 0.293. The normalized spacial score (nSPS) is 7.96. The molecule has 9 nitrogen and oxygen atoms in total. The van der Waals surface area contributed by atoms with Gasteiger partial charge in [0.1, 0.15) is 15.3 Å². The third-order valence-corrected chi connectivity index (χ3v) is 1.12. The average molecular weight is 442 g/mol. The van der Waals surface area contributed by atoms with Gasteiger partial charge in [-0.05, 0) is 11.4 Å². The van der Waals surface area contributed by atoms with E-state index in [0.717, 1.165) is 0 Å². The van der Waals surface area contributed by atoms with Crippen LogP contribution in [0.15, 0.2) is 5.11 Å². The lowest BCUT2D eigenvalue weighted by Crippen LogP contribution is -2.02. The first-order valence-corrected chi connectivity index (χ1v) is 6.47. The van der Waals surface area contributed by atoms with Crippen LogP contribution < -0.4 is 0 Å². The van der Waals surface area contributed by atoms with Gasteiger partial charge in [-0.2, -0.15) is 0 Å². The lowest BCUT2D eigenvalue weighted by atomic mass is 10.2. The molecule has 0 bridgehead atoms. The second kappa shape index (κ2) is 49.6. The number of halogens is 2. The monoisotopic (exact) mass is 440 g/mol. The molecule has 0 unspecified atom stereocenters. The average Bonchev–Trinajstić information content (AvgIpc) is 2.43. The summed E-state index contributed by atoms with van der Waals surface area (Å²) >= 11 is 7.64. The van der Waals surface area contributed by atoms with Gasteiger partial charge in [-0.25, -0.2) is 4.79 Å². The third kappa shape index (κ3) is 141. The first-order valence-electron chi connectivity index (χ1n) is 6.48. The van der Waals surface area contributed by atoms with Crippen LogP contribution in [0.4, 0.5) is 4.79 Å². The molecule has 0 fully saturated rings. The summed E-state index contributed by atoms with van der Waals surface area (Å²) in [7, 11) is 0. The topological polar surface area (TPSA) is 146 Å². The Kier molecular flexibility index (Phi) is 62.6. The Morgan fingerprint density at radius 2 is 1.75 bits per heavy atom. The summed E-state index contributed by atoms with van der Waals surface area (Å²) in [5, 5.41) is 10.0. The molecular formula is C13H29BrClN3O6. The van der Waals surface area contributed by atoms with Gasteiger partial charge in [0.25, 0.3) is 6.45 Å². The molecule has 0 heterocycles. The number of carbonyl (C=O) groups excluding carboxylic acids is 3. The molecule has 0 amide bonds. The van der Waals surface area contributed by atoms with E-state index < -0.39 is 24.4 Å². The van der Waals surface area contributed by atoms with Crippen LogP contribution in [-0.2, 0) is 19.1 Å². The van der Waals surface area contributed by atoms with E-state index >= 15 is 0 Å².